The fraction of sp³-hybridized carbons (Fsp3) is 0. The van der Waals surface area contributed by atoms with Crippen LogP contribution in [0, 0.1) is 0 Å². The van der Waals surface area contributed by atoms with Crippen molar-refractivity contribution in [3.8, 4) is 0 Å². The van der Waals surface area contributed by atoms with Crippen LogP contribution in [0.5, 0.6) is 0 Å². The summed E-state index contributed by atoms with van der Waals surface area (Å²) in [6.07, 6.45) is 3.02. The number of hydrogen-bond donors (Lipinski definition) is 5. The summed E-state index contributed by atoms with van der Waals surface area (Å²) in [5.74, 6) is -0.382. The van der Waals surface area contributed by atoms with E-state index >= 15 is 0 Å². The number of carbonyl (C=O) groups is 1. The molecule has 10 N–H and O–H groups in total. The van der Waals surface area contributed by atoms with Gasteiger partial charge in [0.15, 0.2) is 5.78 Å². The van der Waals surface area contributed by atoms with Gasteiger partial charge in [0.2, 0.25) is 0 Å². The molecule has 0 heterocycles. The number of carbonyl (C=O) groups excluding carboxylic acids is 1. The van der Waals surface area contributed by atoms with Crippen molar-refractivity contribution in [2.75, 3.05) is 28.7 Å². The minimum atomic E-state index is -0.382. The Labute approximate surface area is 122 Å². The lowest BCUT2D eigenvalue weighted by Gasteiger charge is -2.14. The van der Waals surface area contributed by atoms with E-state index in [1.165, 1.54) is 6.08 Å². The van der Waals surface area contributed by atoms with E-state index < -0.39 is 0 Å². The van der Waals surface area contributed by atoms with Crippen LogP contribution in [0.3, 0.4) is 0 Å². The van der Waals surface area contributed by atoms with Gasteiger partial charge in [0.25, 0.3) is 0 Å². The Kier molecular flexibility index (Phi) is 3.71. The predicted molar refractivity (Wildman–Crippen MR) is 88.3 cm³/mol. The van der Waals surface area contributed by atoms with Crippen LogP contribution in [-0.4, -0.2) is 5.78 Å². The molecule has 0 atom stereocenters. The first kappa shape index (κ1) is 14.3. The molecule has 108 valence electrons. The maximum atomic E-state index is 12.3. The Balaban J connectivity index is 2.43. The van der Waals surface area contributed by atoms with Gasteiger partial charge in [-0.15, -0.1) is 0 Å². The van der Waals surface area contributed by atoms with Crippen molar-refractivity contribution in [3.05, 3.63) is 47.5 Å². The SMILES string of the molecule is Nc1c(N)c(N)c(C(=O)/C=C/c2ccccc2)c(N)c1N. The van der Waals surface area contributed by atoms with Crippen LogP contribution in [0.4, 0.5) is 28.4 Å². The van der Waals surface area contributed by atoms with Crippen LogP contribution in [0.25, 0.3) is 6.08 Å². The number of benzene rings is 2. The summed E-state index contributed by atoms with van der Waals surface area (Å²) in [5.41, 5.74) is 30.1. The lowest BCUT2D eigenvalue weighted by atomic mass is 10.0. The van der Waals surface area contributed by atoms with Gasteiger partial charge in [-0.1, -0.05) is 36.4 Å². The molecule has 6 heteroatoms. The smallest absolute Gasteiger partial charge is 0.190 e. The minimum absolute atomic E-state index is 0.0434. The Morgan fingerprint density at radius 3 is 1.76 bits per heavy atom. The van der Waals surface area contributed by atoms with Crippen LogP contribution < -0.4 is 28.7 Å². The van der Waals surface area contributed by atoms with Crippen molar-refractivity contribution in [2.45, 2.75) is 0 Å². The summed E-state index contributed by atoms with van der Waals surface area (Å²) in [5, 5.41) is 0. The van der Waals surface area contributed by atoms with Crippen LogP contribution >= 0.6 is 0 Å². The molecule has 0 aliphatic rings. The van der Waals surface area contributed by atoms with E-state index in [0.717, 1.165) is 5.56 Å². The third kappa shape index (κ3) is 2.59. The van der Waals surface area contributed by atoms with Gasteiger partial charge in [-0.3, -0.25) is 4.79 Å². The van der Waals surface area contributed by atoms with Crippen LogP contribution in [0.1, 0.15) is 15.9 Å². The quantitative estimate of drug-likeness (QED) is 0.327. The Morgan fingerprint density at radius 1 is 0.762 bits per heavy atom. The first-order chi connectivity index (χ1) is 9.93. The summed E-state index contributed by atoms with van der Waals surface area (Å²) in [4.78, 5) is 12.3. The molecule has 0 radical (unpaired) electrons. The fourth-order valence-corrected chi connectivity index (χ4v) is 1.93. The largest absolute Gasteiger partial charge is 0.396 e. The molecule has 0 saturated heterocycles. The third-order valence-electron chi connectivity index (χ3n) is 3.17. The highest BCUT2D eigenvalue weighted by Gasteiger charge is 2.19. The molecular formula is C15H17N5O. The number of ketones is 1. The molecule has 0 unspecified atom stereocenters. The second kappa shape index (κ2) is 5.46. The lowest BCUT2D eigenvalue weighted by molar-refractivity contribution is 0.104. The van der Waals surface area contributed by atoms with Gasteiger partial charge in [0.05, 0.1) is 34.0 Å². The molecule has 0 saturated carbocycles. The number of anilines is 5. The highest BCUT2D eigenvalue weighted by Crippen LogP contribution is 2.38. The van der Waals surface area contributed by atoms with Gasteiger partial charge < -0.3 is 28.7 Å². The van der Waals surface area contributed by atoms with Crippen molar-refractivity contribution < 1.29 is 4.79 Å². The Morgan fingerprint density at radius 2 is 1.24 bits per heavy atom. The summed E-state index contributed by atoms with van der Waals surface area (Å²) < 4.78 is 0. The number of hydrogen-bond acceptors (Lipinski definition) is 6. The van der Waals surface area contributed by atoms with Gasteiger partial charge in [-0.05, 0) is 11.6 Å². The molecule has 0 bridgehead atoms. The number of allylic oxidation sites excluding steroid dienone is 1. The molecule has 0 aliphatic carbocycles. The van der Waals surface area contributed by atoms with Gasteiger partial charge >= 0.3 is 0 Å². The summed E-state index contributed by atoms with van der Waals surface area (Å²) in [7, 11) is 0. The van der Waals surface area contributed by atoms with Crippen molar-refractivity contribution in [1.29, 1.82) is 0 Å². The standard InChI is InChI=1S/C15H17N5O/c16-11-10(12(17)14(19)15(20)13(11)18)9(21)7-6-8-4-2-1-3-5-8/h1-7H,16-20H2/b7-6+. The van der Waals surface area contributed by atoms with E-state index in [0.29, 0.717) is 0 Å². The molecule has 0 aromatic heterocycles. The normalized spacial score (nSPS) is 10.9. The topological polar surface area (TPSA) is 147 Å². The molecule has 21 heavy (non-hydrogen) atoms. The average molecular weight is 283 g/mol. The summed E-state index contributed by atoms with van der Waals surface area (Å²) in [6.45, 7) is 0. The molecule has 0 fully saturated rings. The molecular weight excluding hydrogens is 266 g/mol. The molecule has 0 aliphatic heterocycles. The molecule has 0 amide bonds. The minimum Gasteiger partial charge on any atom is -0.396 e. The third-order valence-corrected chi connectivity index (χ3v) is 3.17. The number of nitrogens with two attached hydrogens (primary N) is 5. The molecule has 0 spiro atoms. The number of rotatable bonds is 3. The van der Waals surface area contributed by atoms with Crippen LogP contribution in [-0.2, 0) is 0 Å². The van der Waals surface area contributed by atoms with Crippen LogP contribution in [0.2, 0.25) is 0 Å². The van der Waals surface area contributed by atoms with E-state index in [1.54, 1.807) is 6.08 Å². The highest BCUT2D eigenvalue weighted by molar-refractivity contribution is 6.18. The predicted octanol–water partition coefficient (Wildman–Crippen LogP) is 1.49. The highest BCUT2D eigenvalue weighted by atomic mass is 16.1. The van der Waals surface area contributed by atoms with Crippen molar-refractivity contribution >= 4 is 40.3 Å². The first-order valence-electron chi connectivity index (χ1n) is 6.22. The monoisotopic (exact) mass is 283 g/mol. The van der Waals surface area contributed by atoms with Gasteiger partial charge in [0, 0.05) is 0 Å². The van der Waals surface area contributed by atoms with E-state index in [2.05, 4.69) is 0 Å². The van der Waals surface area contributed by atoms with Gasteiger partial charge in [-0.25, -0.2) is 0 Å². The van der Waals surface area contributed by atoms with E-state index in [9.17, 15) is 4.79 Å². The van der Waals surface area contributed by atoms with Crippen molar-refractivity contribution in [2.24, 2.45) is 0 Å². The van der Waals surface area contributed by atoms with E-state index in [-0.39, 0.29) is 39.8 Å². The Hall–Kier alpha value is -3.15. The average Bonchev–Trinajstić information content (AvgIpc) is 2.50. The molecule has 6 nitrogen and oxygen atoms in total. The van der Waals surface area contributed by atoms with Gasteiger partial charge in [-0.2, -0.15) is 0 Å². The maximum absolute atomic E-state index is 12.3. The maximum Gasteiger partial charge on any atom is 0.190 e. The zero-order valence-corrected chi connectivity index (χ0v) is 11.3. The zero-order chi connectivity index (χ0) is 15.6. The molecule has 2 rings (SSSR count). The van der Waals surface area contributed by atoms with Crippen molar-refractivity contribution in [3.63, 3.8) is 0 Å². The molecule has 2 aromatic rings. The Bertz CT molecular complexity index is 694. The second-order valence-corrected chi connectivity index (χ2v) is 4.55. The zero-order valence-electron chi connectivity index (χ0n) is 11.3. The summed E-state index contributed by atoms with van der Waals surface area (Å²) in [6, 6.07) is 9.35. The molecule has 2 aromatic carbocycles. The first-order valence-corrected chi connectivity index (χ1v) is 6.22. The van der Waals surface area contributed by atoms with Crippen LogP contribution in [0.15, 0.2) is 36.4 Å². The fourth-order valence-electron chi connectivity index (χ4n) is 1.93. The van der Waals surface area contributed by atoms with Gasteiger partial charge in [0.1, 0.15) is 0 Å². The lowest BCUT2D eigenvalue weighted by Crippen LogP contribution is -2.13. The second-order valence-electron chi connectivity index (χ2n) is 4.55. The summed E-state index contributed by atoms with van der Waals surface area (Å²) >= 11 is 0. The van der Waals surface area contributed by atoms with Crippen molar-refractivity contribution in [1.82, 2.24) is 0 Å². The van der Waals surface area contributed by atoms with E-state index in [4.69, 9.17) is 28.7 Å². The van der Waals surface area contributed by atoms with E-state index in [1.807, 2.05) is 30.3 Å². The number of nitrogen functional groups attached to an aromatic ring is 5.